The number of nitrogens with zero attached hydrogens (tertiary/aromatic N) is 5. The van der Waals surface area contributed by atoms with E-state index in [0.717, 1.165) is 44.1 Å². The summed E-state index contributed by atoms with van der Waals surface area (Å²) in [6, 6.07) is 4.49. The van der Waals surface area contributed by atoms with Crippen LogP contribution in [0, 0.1) is 0 Å². The zero-order valence-corrected chi connectivity index (χ0v) is 12.6. The van der Waals surface area contributed by atoms with Crippen molar-refractivity contribution in [2.45, 2.75) is 13.0 Å². The molecule has 3 heterocycles. The molecular formula is C15H21N5O. The number of hydrogen-bond acceptors (Lipinski definition) is 6. The van der Waals surface area contributed by atoms with E-state index in [0.29, 0.717) is 11.7 Å². The molecule has 6 heteroatoms. The van der Waals surface area contributed by atoms with E-state index in [9.17, 15) is 0 Å². The van der Waals surface area contributed by atoms with Gasteiger partial charge in [-0.25, -0.2) is 9.97 Å². The maximum absolute atomic E-state index is 5.23. The summed E-state index contributed by atoms with van der Waals surface area (Å²) in [6.07, 6.45) is 3.38. The molecule has 1 saturated heterocycles. The van der Waals surface area contributed by atoms with Gasteiger partial charge in [0.1, 0.15) is 11.3 Å². The number of pyridine rings is 1. The van der Waals surface area contributed by atoms with Gasteiger partial charge in [0.25, 0.3) is 0 Å². The zero-order chi connectivity index (χ0) is 14.7. The summed E-state index contributed by atoms with van der Waals surface area (Å²) in [5.74, 6) is 0.988. The topological polar surface area (TPSA) is 54.4 Å². The van der Waals surface area contributed by atoms with Crippen LogP contribution >= 0.6 is 0 Å². The zero-order valence-electron chi connectivity index (χ0n) is 12.6. The molecule has 2 aromatic rings. The van der Waals surface area contributed by atoms with Crippen LogP contribution in [0.25, 0.3) is 11.2 Å². The van der Waals surface area contributed by atoms with Crippen LogP contribution in [0.3, 0.4) is 0 Å². The number of rotatable bonds is 4. The molecule has 112 valence electrons. The largest absolute Gasteiger partial charge is 0.383 e. The molecule has 1 atom stereocenters. The number of aromatic nitrogens is 3. The van der Waals surface area contributed by atoms with E-state index in [2.05, 4.69) is 31.7 Å². The van der Waals surface area contributed by atoms with Crippen molar-refractivity contribution in [3.8, 4) is 0 Å². The minimum Gasteiger partial charge on any atom is -0.383 e. The molecule has 2 aromatic heterocycles. The summed E-state index contributed by atoms with van der Waals surface area (Å²) in [7, 11) is 1.76. The smallest absolute Gasteiger partial charge is 0.180 e. The van der Waals surface area contributed by atoms with Gasteiger partial charge in [-0.2, -0.15) is 0 Å². The first-order chi connectivity index (χ1) is 10.3. The van der Waals surface area contributed by atoms with E-state index in [1.165, 1.54) is 0 Å². The monoisotopic (exact) mass is 287 g/mol. The fraction of sp³-hybridized carbons (Fsp3) is 0.533. The maximum Gasteiger partial charge on any atom is 0.180 e. The van der Waals surface area contributed by atoms with Gasteiger partial charge in [0.2, 0.25) is 0 Å². The number of anilines is 1. The van der Waals surface area contributed by atoms with Crippen molar-refractivity contribution in [1.29, 1.82) is 0 Å². The second kappa shape index (κ2) is 6.32. The van der Waals surface area contributed by atoms with Gasteiger partial charge >= 0.3 is 0 Å². The van der Waals surface area contributed by atoms with Gasteiger partial charge in [0, 0.05) is 51.7 Å². The predicted octanol–water partition coefficient (Wildman–Crippen LogP) is 1.18. The number of ether oxygens (including phenoxy) is 1. The Labute approximate surface area is 124 Å². The Morgan fingerprint density at radius 1 is 1.14 bits per heavy atom. The third-order valence-corrected chi connectivity index (χ3v) is 3.99. The van der Waals surface area contributed by atoms with E-state index >= 15 is 0 Å². The van der Waals surface area contributed by atoms with Crippen LogP contribution in [-0.2, 0) is 4.74 Å². The van der Waals surface area contributed by atoms with Crippen LogP contribution in [0.4, 0.5) is 5.82 Å². The van der Waals surface area contributed by atoms with Gasteiger partial charge in [-0.1, -0.05) is 0 Å². The molecule has 1 aliphatic heterocycles. The van der Waals surface area contributed by atoms with Gasteiger partial charge in [-0.05, 0) is 19.1 Å². The number of methoxy groups -OCH3 is 1. The van der Waals surface area contributed by atoms with Crippen molar-refractivity contribution in [2.24, 2.45) is 0 Å². The molecule has 0 bridgehead atoms. The number of piperazine rings is 1. The molecule has 0 radical (unpaired) electrons. The quantitative estimate of drug-likeness (QED) is 0.842. The summed E-state index contributed by atoms with van der Waals surface area (Å²) in [5.41, 5.74) is 1.55. The van der Waals surface area contributed by atoms with Crippen LogP contribution < -0.4 is 4.90 Å². The predicted molar refractivity (Wildman–Crippen MR) is 82.5 cm³/mol. The summed E-state index contributed by atoms with van der Waals surface area (Å²) >= 11 is 0. The Balaban J connectivity index is 1.68. The molecule has 6 nitrogen and oxygen atoms in total. The molecule has 21 heavy (non-hydrogen) atoms. The standard InChI is InChI=1S/C15H21N5O/c1-12(11-21-2)19-7-9-20(10-8-19)14-4-3-13-15(18-14)17-6-5-16-13/h3-6,12H,7-11H2,1-2H3. The molecule has 0 aliphatic carbocycles. The molecular weight excluding hydrogens is 266 g/mol. The molecule has 1 unspecified atom stereocenters. The molecule has 0 amide bonds. The molecule has 1 aliphatic rings. The average Bonchev–Trinajstić information content (AvgIpc) is 2.55. The highest BCUT2D eigenvalue weighted by atomic mass is 16.5. The van der Waals surface area contributed by atoms with Crippen molar-refractivity contribution in [3.05, 3.63) is 24.5 Å². The minimum absolute atomic E-state index is 0.465. The van der Waals surface area contributed by atoms with Gasteiger partial charge in [0.15, 0.2) is 5.65 Å². The van der Waals surface area contributed by atoms with Crippen molar-refractivity contribution < 1.29 is 4.74 Å². The van der Waals surface area contributed by atoms with E-state index in [1.807, 2.05) is 12.1 Å². The highest BCUT2D eigenvalue weighted by molar-refractivity contribution is 5.71. The Bertz CT molecular complexity index is 597. The maximum atomic E-state index is 5.23. The normalized spacial score (nSPS) is 18.1. The fourth-order valence-corrected chi connectivity index (χ4v) is 2.76. The van der Waals surface area contributed by atoms with Crippen molar-refractivity contribution in [2.75, 3.05) is 44.8 Å². The highest BCUT2D eigenvalue weighted by Crippen LogP contribution is 2.17. The summed E-state index contributed by atoms with van der Waals surface area (Å²) in [6.45, 7) is 7.02. The summed E-state index contributed by atoms with van der Waals surface area (Å²) < 4.78 is 5.23. The first-order valence-corrected chi connectivity index (χ1v) is 7.33. The summed E-state index contributed by atoms with van der Waals surface area (Å²) in [5, 5.41) is 0. The van der Waals surface area contributed by atoms with Gasteiger partial charge in [-0.3, -0.25) is 9.88 Å². The van der Waals surface area contributed by atoms with Gasteiger partial charge in [-0.15, -0.1) is 0 Å². The number of hydrogen-bond donors (Lipinski definition) is 0. The lowest BCUT2D eigenvalue weighted by molar-refractivity contribution is 0.0952. The second-order valence-corrected chi connectivity index (χ2v) is 5.40. The van der Waals surface area contributed by atoms with E-state index < -0.39 is 0 Å². The lowest BCUT2D eigenvalue weighted by Gasteiger charge is -2.38. The van der Waals surface area contributed by atoms with Crippen molar-refractivity contribution >= 4 is 17.0 Å². The Morgan fingerprint density at radius 3 is 2.67 bits per heavy atom. The van der Waals surface area contributed by atoms with E-state index in [4.69, 9.17) is 4.74 Å². The van der Waals surface area contributed by atoms with Gasteiger partial charge in [0.05, 0.1) is 6.61 Å². The SMILES string of the molecule is COCC(C)N1CCN(c2ccc3nccnc3n2)CC1. The van der Waals surface area contributed by atoms with E-state index in [-0.39, 0.29) is 0 Å². The van der Waals surface area contributed by atoms with Crippen LogP contribution in [0.15, 0.2) is 24.5 Å². The fourth-order valence-electron chi connectivity index (χ4n) is 2.76. The Morgan fingerprint density at radius 2 is 1.90 bits per heavy atom. The van der Waals surface area contributed by atoms with Crippen LogP contribution in [0.5, 0.6) is 0 Å². The minimum atomic E-state index is 0.465. The lowest BCUT2D eigenvalue weighted by atomic mass is 10.2. The third-order valence-electron chi connectivity index (χ3n) is 3.99. The average molecular weight is 287 g/mol. The van der Waals surface area contributed by atoms with Crippen molar-refractivity contribution in [1.82, 2.24) is 19.9 Å². The molecule has 0 saturated carbocycles. The van der Waals surface area contributed by atoms with Gasteiger partial charge < -0.3 is 9.64 Å². The second-order valence-electron chi connectivity index (χ2n) is 5.40. The summed E-state index contributed by atoms with van der Waals surface area (Å²) in [4.78, 5) is 17.9. The number of fused-ring (bicyclic) bond motifs is 1. The highest BCUT2D eigenvalue weighted by Gasteiger charge is 2.21. The molecule has 3 rings (SSSR count). The van der Waals surface area contributed by atoms with E-state index in [1.54, 1.807) is 19.5 Å². The van der Waals surface area contributed by atoms with Crippen LogP contribution in [-0.4, -0.2) is 65.8 Å². The molecule has 0 aromatic carbocycles. The first kappa shape index (κ1) is 14.2. The third kappa shape index (κ3) is 3.11. The van der Waals surface area contributed by atoms with Crippen LogP contribution in [0.2, 0.25) is 0 Å². The first-order valence-electron chi connectivity index (χ1n) is 7.33. The van der Waals surface area contributed by atoms with Crippen LogP contribution in [0.1, 0.15) is 6.92 Å². The molecule has 1 fully saturated rings. The Hall–Kier alpha value is -1.79. The molecule has 0 spiro atoms. The van der Waals surface area contributed by atoms with Crippen molar-refractivity contribution in [3.63, 3.8) is 0 Å². The Kier molecular flexibility index (Phi) is 4.26. The lowest BCUT2D eigenvalue weighted by Crippen LogP contribution is -2.50. The molecule has 0 N–H and O–H groups in total.